The predicted octanol–water partition coefficient (Wildman–Crippen LogP) is 5.84. The van der Waals surface area contributed by atoms with Gasteiger partial charge in [0.2, 0.25) is 0 Å². The van der Waals surface area contributed by atoms with Crippen LogP contribution in [0.15, 0.2) is 60.0 Å². The summed E-state index contributed by atoms with van der Waals surface area (Å²) in [6, 6.07) is 16.9. The van der Waals surface area contributed by atoms with Crippen LogP contribution >= 0.6 is 34.5 Å². The van der Waals surface area contributed by atoms with Crippen LogP contribution in [0.2, 0.25) is 10.0 Å². The van der Waals surface area contributed by atoms with E-state index in [-0.39, 0.29) is 11.9 Å². The molecule has 126 valence electrons. The second-order valence-electron chi connectivity index (χ2n) is 6.01. The van der Waals surface area contributed by atoms with Crippen LogP contribution in [-0.2, 0) is 6.42 Å². The van der Waals surface area contributed by atoms with Gasteiger partial charge in [0.1, 0.15) is 0 Å². The minimum absolute atomic E-state index is 0.0217. The van der Waals surface area contributed by atoms with Gasteiger partial charge < -0.3 is 4.90 Å². The number of hydrogen-bond donors (Lipinski definition) is 0. The minimum Gasteiger partial charge on any atom is -0.327 e. The van der Waals surface area contributed by atoms with E-state index < -0.39 is 0 Å². The Bertz CT molecular complexity index is 902. The van der Waals surface area contributed by atoms with E-state index in [1.165, 1.54) is 10.4 Å². The first-order valence-corrected chi connectivity index (χ1v) is 9.65. The zero-order valence-corrected chi connectivity index (χ0v) is 15.6. The zero-order valence-electron chi connectivity index (χ0n) is 13.3. The van der Waals surface area contributed by atoms with E-state index in [2.05, 4.69) is 11.4 Å². The summed E-state index contributed by atoms with van der Waals surface area (Å²) in [7, 11) is 0. The molecule has 0 bridgehead atoms. The molecule has 2 aromatic carbocycles. The van der Waals surface area contributed by atoms with E-state index in [0.717, 1.165) is 12.0 Å². The number of amides is 1. The molecule has 5 heteroatoms. The molecule has 1 atom stereocenters. The normalized spacial score (nSPS) is 16.6. The van der Waals surface area contributed by atoms with Crippen LogP contribution in [0.1, 0.15) is 32.4 Å². The van der Waals surface area contributed by atoms with Crippen molar-refractivity contribution in [3.63, 3.8) is 0 Å². The van der Waals surface area contributed by atoms with E-state index in [4.69, 9.17) is 23.2 Å². The predicted molar refractivity (Wildman–Crippen MR) is 104 cm³/mol. The van der Waals surface area contributed by atoms with Crippen LogP contribution in [0.4, 0.5) is 0 Å². The molecule has 25 heavy (non-hydrogen) atoms. The monoisotopic (exact) mass is 387 g/mol. The summed E-state index contributed by atoms with van der Waals surface area (Å²) in [6.07, 6.45) is 0.885. The average molecular weight is 388 g/mol. The van der Waals surface area contributed by atoms with E-state index in [0.29, 0.717) is 22.2 Å². The summed E-state index contributed by atoms with van der Waals surface area (Å²) >= 11 is 13.8. The average Bonchev–Trinajstić information content (AvgIpc) is 3.10. The highest BCUT2D eigenvalue weighted by atomic mass is 35.5. The number of carbonyl (C=O) groups is 1. The summed E-state index contributed by atoms with van der Waals surface area (Å²) in [5.74, 6) is 0.0217. The fraction of sp³-hybridized carbons (Fsp3) is 0.150. The van der Waals surface area contributed by atoms with Gasteiger partial charge in [-0.15, -0.1) is 11.3 Å². The van der Waals surface area contributed by atoms with Crippen LogP contribution in [0.25, 0.3) is 0 Å². The second kappa shape index (κ2) is 6.83. The Kier molecular flexibility index (Phi) is 4.55. The van der Waals surface area contributed by atoms with Gasteiger partial charge in [-0.2, -0.15) is 0 Å². The topological polar surface area (TPSA) is 20.3 Å². The number of hydrogen-bond acceptors (Lipinski definition) is 2. The lowest BCUT2D eigenvalue weighted by Gasteiger charge is -2.36. The maximum Gasteiger partial charge on any atom is 0.254 e. The molecule has 0 fully saturated rings. The third-order valence-electron chi connectivity index (χ3n) is 4.50. The molecule has 0 spiro atoms. The molecule has 1 aliphatic heterocycles. The Morgan fingerprint density at radius 3 is 2.28 bits per heavy atom. The van der Waals surface area contributed by atoms with Gasteiger partial charge in [0.15, 0.2) is 0 Å². The van der Waals surface area contributed by atoms with Crippen molar-refractivity contribution in [3.05, 3.63) is 91.6 Å². The van der Waals surface area contributed by atoms with Crippen molar-refractivity contribution in [2.75, 3.05) is 6.54 Å². The van der Waals surface area contributed by atoms with Gasteiger partial charge in [-0.3, -0.25) is 4.79 Å². The van der Waals surface area contributed by atoms with Crippen LogP contribution in [-0.4, -0.2) is 17.4 Å². The Balaban J connectivity index is 1.76. The molecular formula is C20H15Cl2NOS. The third kappa shape index (κ3) is 3.20. The molecule has 1 amide bonds. The number of carbonyl (C=O) groups excluding carboxylic acids is 1. The number of thiophene rings is 1. The first kappa shape index (κ1) is 16.6. The lowest BCUT2D eigenvalue weighted by molar-refractivity contribution is 0.0696. The number of fused-ring (bicyclic) bond motifs is 1. The molecule has 0 saturated carbocycles. The lowest BCUT2D eigenvalue weighted by atomic mass is 9.92. The van der Waals surface area contributed by atoms with E-state index >= 15 is 0 Å². The zero-order chi connectivity index (χ0) is 17.4. The molecule has 0 unspecified atom stereocenters. The molecule has 2 heterocycles. The third-order valence-corrected chi connectivity index (χ3v) is 6.00. The second-order valence-corrected chi connectivity index (χ2v) is 7.88. The Morgan fingerprint density at radius 1 is 0.960 bits per heavy atom. The standard InChI is InChI=1S/C20H15Cl2NOS/c21-15-5-1-13(2-6-15)19-17-10-12-25-18(17)9-11-23(19)20(24)14-3-7-16(22)8-4-14/h1-8,10,12,19H,9,11H2/t19-/m1/s1. The fourth-order valence-corrected chi connectivity index (χ4v) is 4.45. The Labute approximate surface area is 160 Å². The largest absolute Gasteiger partial charge is 0.327 e. The summed E-state index contributed by atoms with van der Waals surface area (Å²) in [4.78, 5) is 16.4. The molecule has 2 nitrogen and oxygen atoms in total. The molecule has 1 aliphatic rings. The summed E-state index contributed by atoms with van der Waals surface area (Å²) in [5.41, 5.74) is 2.94. The van der Waals surface area contributed by atoms with Crippen LogP contribution in [0.5, 0.6) is 0 Å². The number of rotatable bonds is 2. The smallest absolute Gasteiger partial charge is 0.254 e. The van der Waals surface area contributed by atoms with Crippen molar-refractivity contribution < 1.29 is 4.79 Å². The summed E-state index contributed by atoms with van der Waals surface area (Å²) in [6.45, 7) is 0.697. The van der Waals surface area contributed by atoms with Gasteiger partial charge in [-0.25, -0.2) is 0 Å². The highest BCUT2D eigenvalue weighted by molar-refractivity contribution is 7.10. The molecule has 3 aromatic rings. The van der Waals surface area contributed by atoms with Crippen molar-refractivity contribution in [2.45, 2.75) is 12.5 Å². The van der Waals surface area contributed by atoms with E-state index in [9.17, 15) is 4.79 Å². The SMILES string of the molecule is O=C(c1ccc(Cl)cc1)N1CCc2sccc2[C@H]1c1ccc(Cl)cc1. The van der Waals surface area contributed by atoms with Crippen molar-refractivity contribution in [1.82, 2.24) is 4.90 Å². The quantitative estimate of drug-likeness (QED) is 0.540. The maximum absolute atomic E-state index is 13.2. The number of benzene rings is 2. The van der Waals surface area contributed by atoms with Gasteiger partial charge in [0.05, 0.1) is 6.04 Å². The molecule has 0 saturated heterocycles. The van der Waals surface area contributed by atoms with Crippen molar-refractivity contribution >= 4 is 40.4 Å². The molecule has 4 rings (SSSR count). The van der Waals surface area contributed by atoms with Gasteiger partial charge in [-0.05, 0) is 65.4 Å². The number of nitrogens with zero attached hydrogens (tertiary/aromatic N) is 1. The summed E-state index contributed by atoms with van der Waals surface area (Å²) in [5, 5.41) is 3.43. The molecular weight excluding hydrogens is 373 g/mol. The first-order chi connectivity index (χ1) is 12.1. The van der Waals surface area contributed by atoms with Crippen LogP contribution < -0.4 is 0 Å². The van der Waals surface area contributed by atoms with Gasteiger partial charge in [-0.1, -0.05) is 35.3 Å². The number of halogens is 2. The van der Waals surface area contributed by atoms with Gasteiger partial charge >= 0.3 is 0 Å². The van der Waals surface area contributed by atoms with Crippen LogP contribution in [0.3, 0.4) is 0 Å². The maximum atomic E-state index is 13.2. The molecule has 0 aliphatic carbocycles. The Hall–Kier alpha value is -1.81. The highest BCUT2D eigenvalue weighted by Gasteiger charge is 2.33. The minimum atomic E-state index is -0.0876. The van der Waals surface area contributed by atoms with Gasteiger partial charge in [0, 0.05) is 27.0 Å². The van der Waals surface area contributed by atoms with Gasteiger partial charge in [0.25, 0.3) is 5.91 Å². The lowest BCUT2D eigenvalue weighted by Crippen LogP contribution is -2.40. The van der Waals surface area contributed by atoms with Crippen molar-refractivity contribution in [3.8, 4) is 0 Å². The first-order valence-electron chi connectivity index (χ1n) is 8.02. The molecule has 0 N–H and O–H groups in total. The van der Waals surface area contributed by atoms with Crippen molar-refractivity contribution in [2.24, 2.45) is 0 Å². The van der Waals surface area contributed by atoms with E-state index in [1.807, 2.05) is 29.2 Å². The summed E-state index contributed by atoms with van der Waals surface area (Å²) < 4.78 is 0. The van der Waals surface area contributed by atoms with E-state index in [1.54, 1.807) is 35.6 Å². The van der Waals surface area contributed by atoms with Crippen molar-refractivity contribution in [1.29, 1.82) is 0 Å². The Morgan fingerprint density at radius 2 is 1.60 bits per heavy atom. The van der Waals surface area contributed by atoms with Crippen LogP contribution in [0, 0.1) is 0 Å². The molecule has 1 aromatic heterocycles. The fourth-order valence-electron chi connectivity index (χ4n) is 3.30. The molecule has 0 radical (unpaired) electrons. The highest BCUT2D eigenvalue weighted by Crippen LogP contribution is 2.38.